The number of benzene rings is 1. The molecule has 23 heavy (non-hydrogen) atoms. The smallest absolute Gasteiger partial charge is 0.271 e. The van der Waals surface area contributed by atoms with Gasteiger partial charge in [0.25, 0.3) is 5.91 Å². The molecule has 1 amide bonds. The average Bonchev–Trinajstić information content (AvgIpc) is 3.20. The Hall–Kier alpha value is -1.72. The predicted molar refractivity (Wildman–Crippen MR) is 89.0 cm³/mol. The van der Waals surface area contributed by atoms with Crippen molar-refractivity contribution in [3.63, 3.8) is 0 Å². The Balaban J connectivity index is 1.58. The Bertz CT molecular complexity index is 696. The Morgan fingerprint density at radius 1 is 1.30 bits per heavy atom. The van der Waals surface area contributed by atoms with Crippen LogP contribution in [0.4, 0.5) is 0 Å². The van der Waals surface area contributed by atoms with Crippen molar-refractivity contribution in [3.8, 4) is 5.75 Å². The molecule has 1 saturated carbocycles. The van der Waals surface area contributed by atoms with Crippen LogP contribution in [-0.2, 0) is 6.73 Å². The molecular weight excluding hydrogens is 337 g/mol. The fraction of sp³-hybridized carbons (Fsp3) is 0.375. The first-order valence-corrected chi connectivity index (χ1v) is 8.30. The zero-order chi connectivity index (χ0) is 16.2. The molecule has 1 aromatic carbocycles. The summed E-state index contributed by atoms with van der Waals surface area (Å²) in [6, 6.07) is 7.12. The number of aromatic nitrogens is 2. The molecule has 0 spiro atoms. The summed E-state index contributed by atoms with van der Waals surface area (Å²) in [6.07, 6.45) is 6.13. The van der Waals surface area contributed by atoms with Crippen LogP contribution in [0.15, 0.2) is 30.5 Å². The average molecular weight is 354 g/mol. The number of nitrogens with one attached hydrogen (secondary N) is 1. The summed E-state index contributed by atoms with van der Waals surface area (Å²) in [6.45, 7) is 0.150. The number of hydrogen-bond acceptors (Lipinski definition) is 3. The number of rotatable bonds is 5. The summed E-state index contributed by atoms with van der Waals surface area (Å²) in [4.78, 5) is 12.1. The normalized spacial score (nSPS) is 14.9. The van der Waals surface area contributed by atoms with Crippen LogP contribution < -0.4 is 10.1 Å². The van der Waals surface area contributed by atoms with Crippen molar-refractivity contribution in [2.75, 3.05) is 0 Å². The molecule has 0 unspecified atom stereocenters. The number of amides is 1. The van der Waals surface area contributed by atoms with Crippen molar-refractivity contribution in [1.29, 1.82) is 0 Å². The highest BCUT2D eigenvalue weighted by Crippen LogP contribution is 2.31. The van der Waals surface area contributed by atoms with Gasteiger partial charge in [0.15, 0.2) is 6.73 Å². The molecule has 1 aromatic heterocycles. The number of ether oxygens (including phenoxy) is 1. The first-order valence-electron chi connectivity index (χ1n) is 7.54. The van der Waals surface area contributed by atoms with Crippen LogP contribution in [0.2, 0.25) is 10.0 Å². The third-order valence-corrected chi connectivity index (χ3v) is 4.63. The quantitative estimate of drug-likeness (QED) is 0.886. The van der Waals surface area contributed by atoms with Crippen molar-refractivity contribution >= 4 is 29.1 Å². The minimum Gasteiger partial charge on any atom is -0.470 e. The van der Waals surface area contributed by atoms with Crippen LogP contribution in [0.1, 0.15) is 36.2 Å². The molecule has 122 valence electrons. The van der Waals surface area contributed by atoms with Gasteiger partial charge in [-0.3, -0.25) is 4.79 Å². The lowest BCUT2D eigenvalue weighted by Gasteiger charge is -2.10. The van der Waals surface area contributed by atoms with Crippen LogP contribution in [0, 0.1) is 0 Å². The van der Waals surface area contributed by atoms with E-state index in [2.05, 4.69) is 10.4 Å². The topological polar surface area (TPSA) is 56.2 Å². The van der Waals surface area contributed by atoms with Crippen LogP contribution in [0.25, 0.3) is 0 Å². The van der Waals surface area contributed by atoms with Gasteiger partial charge in [-0.15, -0.1) is 0 Å². The van der Waals surface area contributed by atoms with E-state index in [0.29, 0.717) is 21.5 Å². The number of hydrogen-bond donors (Lipinski definition) is 1. The fourth-order valence-corrected chi connectivity index (χ4v) is 2.96. The number of carbonyl (C=O) groups excluding carboxylic acids is 1. The second kappa shape index (κ2) is 7.23. The molecule has 0 radical (unpaired) electrons. The van der Waals surface area contributed by atoms with Crippen molar-refractivity contribution in [3.05, 3.63) is 46.2 Å². The minimum absolute atomic E-state index is 0.142. The van der Waals surface area contributed by atoms with E-state index < -0.39 is 0 Å². The van der Waals surface area contributed by atoms with Crippen molar-refractivity contribution in [2.45, 2.75) is 38.5 Å². The lowest BCUT2D eigenvalue weighted by atomic mass is 10.2. The maximum atomic E-state index is 12.1. The fourth-order valence-electron chi connectivity index (χ4n) is 2.62. The Morgan fingerprint density at radius 3 is 2.87 bits per heavy atom. The van der Waals surface area contributed by atoms with Crippen molar-refractivity contribution in [1.82, 2.24) is 15.1 Å². The molecular formula is C16H17Cl2N3O2. The molecule has 3 rings (SSSR count). The Labute approximate surface area is 144 Å². The van der Waals surface area contributed by atoms with E-state index in [1.165, 1.54) is 12.8 Å². The van der Waals surface area contributed by atoms with Crippen LogP contribution in [0.5, 0.6) is 5.75 Å². The van der Waals surface area contributed by atoms with Crippen LogP contribution in [0.3, 0.4) is 0 Å². The lowest BCUT2D eigenvalue weighted by molar-refractivity contribution is 0.0930. The minimum atomic E-state index is -0.142. The summed E-state index contributed by atoms with van der Waals surface area (Å²) >= 11 is 12.0. The van der Waals surface area contributed by atoms with E-state index in [0.717, 1.165) is 12.8 Å². The van der Waals surface area contributed by atoms with Gasteiger partial charge < -0.3 is 10.1 Å². The standard InChI is InChI=1S/C16H17Cl2N3O2/c17-12-6-3-7-14(15(12)18)23-10-21-9-8-13(20-21)16(22)19-11-4-1-2-5-11/h3,6-9,11H,1-2,4-5,10H2,(H,19,22). The van der Waals surface area contributed by atoms with Gasteiger partial charge in [0.05, 0.1) is 5.02 Å². The molecule has 2 aromatic rings. The third kappa shape index (κ3) is 3.98. The second-order valence-corrected chi connectivity index (χ2v) is 6.31. The van der Waals surface area contributed by atoms with Crippen LogP contribution >= 0.6 is 23.2 Å². The molecule has 0 atom stereocenters. The third-order valence-electron chi connectivity index (χ3n) is 3.83. The largest absolute Gasteiger partial charge is 0.470 e. The molecule has 0 bridgehead atoms. The van der Waals surface area contributed by atoms with Gasteiger partial charge in [-0.25, -0.2) is 4.68 Å². The van der Waals surface area contributed by atoms with Gasteiger partial charge in [-0.1, -0.05) is 42.1 Å². The molecule has 7 heteroatoms. The van der Waals surface area contributed by atoms with E-state index in [9.17, 15) is 4.79 Å². The van der Waals surface area contributed by atoms with Gasteiger partial charge in [-0.2, -0.15) is 5.10 Å². The maximum absolute atomic E-state index is 12.1. The summed E-state index contributed by atoms with van der Waals surface area (Å²) in [5.74, 6) is 0.336. The highest BCUT2D eigenvalue weighted by Gasteiger charge is 2.19. The van der Waals surface area contributed by atoms with Gasteiger partial charge in [0, 0.05) is 12.2 Å². The summed E-state index contributed by atoms with van der Waals surface area (Å²) in [5.41, 5.74) is 0.387. The zero-order valence-electron chi connectivity index (χ0n) is 12.5. The van der Waals surface area contributed by atoms with Crippen molar-refractivity contribution in [2.24, 2.45) is 0 Å². The molecule has 1 heterocycles. The first kappa shape index (κ1) is 16.1. The summed E-state index contributed by atoms with van der Waals surface area (Å²) in [7, 11) is 0. The Morgan fingerprint density at radius 2 is 2.09 bits per heavy atom. The van der Waals surface area contributed by atoms with Gasteiger partial charge in [0.1, 0.15) is 16.5 Å². The number of nitrogens with zero attached hydrogens (tertiary/aromatic N) is 2. The number of carbonyl (C=O) groups is 1. The molecule has 5 nitrogen and oxygen atoms in total. The monoisotopic (exact) mass is 353 g/mol. The van der Waals surface area contributed by atoms with Crippen molar-refractivity contribution < 1.29 is 9.53 Å². The highest BCUT2D eigenvalue weighted by atomic mass is 35.5. The summed E-state index contributed by atoms with van der Waals surface area (Å²) < 4.78 is 7.12. The van der Waals surface area contributed by atoms with E-state index in [1.807, 2.05) is 0 Å². The van der Waals surface area contributed by atoms with E-state index in [1.54, 1.807) is 35.1 Å². The second-order valence-electron chi connectivity index (χ2n) is 5.52. The molecule has 1 aliphatic carbocycles. The van der Waals surface area contributed by atoms with E-state index >= 15 is 0 Å². The van der Waals surface area contributed by atoms with Gasteiger partial charge in [0.2, 0.25) is 0 Å². The van der Waals surface area contributed by atoms with Gasteiger partial charge >= 0.3 is 0 Å². The predicted octanol–water partition coefficient (Wildman–Crippen LogP) is 3.90. The van der Waals surface area contributed by atoms with Gasteiger partial charge in [-0.05, 0) is 31.0 Å². The van der Waals surface area contributed by atoms with E-state index in [-0.39, 0.29) is 18.7 Å². The highest BCUT2D eigenvalue weighted by molar-refractivity contribution is 6.42. The first-order chi connectivity index (χ1) is 11.1. The zero-order valence-corrected chi connectivity index (χ0v) is 14.0. The lowest BCUT2D eigenvalue weighted by Crippen LogP contribution is -2.32. The molecule has 1 aliphatic rings. The summed E-state index contributed by atoms with van der Waals surface area (Å²) in [5, 5.41) is 8.02. The molecule has 1 fully saturated rings. The SMILES string of the molecule is O=C(NC1CCCC1)c1ccn(COc2cccc(Cl)c2Cl)n1. The Kier molecular flexibility index (Phi) is 5.08. The molecule has 1 N–H and O–H groups in total. The van der Waals surface area contributed by atoms with E-state index in [4.69, 9.17) is 27.9 Å². The maximum Gasteiger partial charge on any atom is 0.271 e. The number of halogens is 2. The molecule has 0 saturated heterocycles. The van der Waals surface area contributed by atoms with Crippen LogP contribution in [-0.4, -0.2) is 21.7 Å². The molecule has 0 aliphatic heterocycles.